The van der Waals surface area contributed by atoms with Crippen LogP contribution in [0.3, 0.4) is 0 Å². The minimum absolute atomic E-state index is 0.0855. The highest BCUT2D eigenvalue weighted by molar-refractivity contribution is 5.85. The number of carbonyl (C=O) groups is 1. The van der Waals surface area contributed by atoms with Crippen molar-refractivity contribution in [2.75, 3.05) is 39.3 Å². The van der Waals surface area contributed by atoms with Gasteiger partial charge in [-0.3, -0.25) is 4.79 Å². The van der Waals surface area contributed by atoms with E-state index in [-0.39, 0.29) is 5.69 Å². The normalized spacial score (nSPS) is 25.3. The number of primary amides is 1. The number of hydrogen-bond acceptors (Lipinski definition) is 4. The van der Waals surface area contributed by atoms with E-state index in [2.05, 4.69) is 28.6 Å². The first-order valence-corrected chi connectivity index (χ1v) is 10.3. The van der Waals surface area contributed by atoms with Gasteiger partial charge in [-0.1, -0.05) is 19.9 Å². The van der Waals surface area contributed by atoms with Crippen LogP contribution in [0, 0.1) is 17.8 Å². The second-order valence-electron chi connectivity index (χ2n) is 9.24. The molecular formula is C21H31F3N4O. The number of halogens is 3. The van der Waals surface area contributed by atoms with Crippen LogP contribution in [0.5, 0.6) is 0 Å². The first-order valence-electron chi connectivity index (χ1n) is 10.3. The number of pyridine rings is 1. The smallest absolute Gasteiger partial charge is 0.369 e. The molecule has 1 amide bonds. The highest BCUT2D eigenvalue weighted by Gasteiger charge is 2.42. The minimum atomic E-state index is -4.55. The number of nitrogens with zero attached hydrogens (tertiary/aromatic N) is 3. The molecule has 0 bridgehead atoms. The van der Waals surface area contributed by atoms with Gasteiger partial charge in [0.1, 0.15) is 5.69 Å². The van der Waals surface area contributed by atoms with Crippen LogP contribution in [0.4, 0.5) is 13.2 Å². The van der Waals surface area contributed by atoms with E-state index in [1.54, 1.807) is 6.92 Å². The predicted molar refractivity (Wildman–Crippen MR) is 105 cm³/mol. The number of amides is 1. The molecule has 0 aliphatic carbocycles. The topological polar surface area (TPSA) is 62.5 Å². The average molecular weight is 413 g/mol. The number of carbonyl (C=O) groups excluding carboxylic acids is 1. The molecule has 2 fully saturated rings. The second kappa shape index (κ2) is 8.22. The quantitative estimate of drug-likeness (QED) is 0.748. The fraction of sp³-hybridized carbons (Fsp3) is 0.714. The van der Waals surface area contributed by atoms with Crippen molar-refractivity contribution >= 4 is 5.91 Å². The van der Waals surface area contributed by atoms with Crippen molar-refractivity contribution in [2.24, 2.45) is 23.5 Å². The van der Waals surface area contributed by atoms with E-state index in [9.17, 15) is 18.0 Å². The molecule has 3 heterocycles. The average Bonchev–Trinajstić information content (AvgIpc) is 3.16. The molecule has 3 atom stereocenters. The van der Waals surface area contributed by atoms with E-state index in [1.807, 2.05) is 0 Å². The molecule has 1 aromatic rings. The Morgan fingerprint density at radius 1 is 1.14 bits per heavy atom. The Labute approximate surface area is 170 Å². The van der Waals surface area contributed by atoms with Crippen molar-refractivity contribution in [3.8, 4) is 0 Å². The van der Waals surface area contributed by atoms with Gasteiger partial charge in [-0.15, -0.1) is 0 Å². The third-order valence-electron chi connectivity index (χ3n) is 6.34. The summed E-state index contributed by atoms with van der Waals surface area (Å²) in [5.74, 6) is 1.26. The van der Waals surface area contributed by atoms with Crippen LogP contribution < -0.4 is 5.73 Å². The Kier molecular flexibility index (Phi) is 6.24. The van der Waals surface area contributed by atoms with Gasteiger partial charge >= 0.3 is 6.18 Å². The Bertz CT molecular complexity index is 725. The molecule has 1 aromatic heterocycles. The van der Waals surface area contributed by atoms with Crippen LogP contribution in [0.25, 0.3) is 0 Å². The van der Waals surface area contributed by atoms with Crippen molar-refractivity contribution in [3.63, 3.8) is 0 Å². The maximum atomic E-state index is 13.0. The molecule has 0 saturated carbocycles. The molecule has 2 aliphatic rings. The van der Waals surface area contributed by atoms with Crippen molar-refractivity contribution in [3.05, 3.63) is 29.6 Å². The van der Waals surface area contributed by atoms with E-state index in [1.165, 1.54) is 12.1 Å². The third-order valence-corrected chi connectivity index (χ3v) is 6.34. The molecule has 3 rings (SSSR count). The summed E-state index contributed by atoms with van der Waals surface area (Å²) in [6.45, 7) is 11.9. The number of nitrogens with two attached hydrogens (primary N) is 1. The Morgan fingerprint density at radius 2 is 1.69 bits per heavy atom. The molecule has 2 aliphatic heterocycles. The summed E-state index contributed by atoms with van der Waals surface area (Å²) in [4.78, 5) is 20.8. The lowest BCUT2D eigenvalue weighted by atomic mass is 9.81. The van der Waals surface area contributed by atoms with E-state index in [0.29, 0.717) is 30.7 Å². The number of alkyl halides is 3. The fourth-order valence-electron chi connectivity index (χ4n) is 4.69. The number of likely N-dealkylation sites (tertiary alicyclic amines) is 2. The van der Waals surface area contributed by atoms with Crippen LogP contribution in [0.15, 0.2) is 18.2 Å². The third kappa shape index (κ3) is 4.91. The lowest BCUT2D eigenvalue weighted by molar-refractivity contribution is -0.141. The Balaban J connectivity index is 1.64. The summed E-state index contributed by atoms with van der Waals surface area (Å²) >= 11 is 0. The number of rotatable bonds is 7. The van der Waals surface area contributed by atoms with Crippen LogP contribution in [-0.2, 0) is 16.4 Å². The molecule has 2 saturated heterocycles. The summed E-state index contributed by atoms with van der Waals surface area (Å²) in [6.07, 6.45) is -4.20. The molecule has 2 N–H and O–H groups in total. The van der Waals surface area contributed by atoms with Gasteiger partial charge < -0.3 is 15.5 Å². The van der Waals surface area contributed by atoms with Gasteiger partial charge in [-0.25, -0.2) is 4.98 Å². The van der Waals surface area contributed by atoms with Gasteiger partial charge in [0.25, 0.3) is 0 Å². The van der Waals surface area contributed by atoms with Crippen molar-refractivity contribution < 1.29 is 18.0 Å². The van der Waals surface area contributed by atoms with Gasteiger partial charge in [0, 0.05) is 32.7 Å². The van der Waals surface area contributed by atoms with Gasteiger partial charge in [-0.2, -0.15) is 13.2 Å². The van der Waals surface area contributed by atoms with Gasteiger partial charge in [0.15, 0.2) is 0 Å². The van der Waals surface area contributed by atoms with E-state index in [4.69, 9.17) is 5.73 Å². The van der Waals surface area contributed by atoms with Crippen molar-refractivity contribution in [2.45, 2.75) is 38.8 Å². The molecule has 0 radical (unpaired) electrons. The van der Waals surface area contributed by atoms with Crippen LogP contribution in [0.2, 0.25) is 0 Å². The molecule has 0 aromatic carbocycles. The first-order chi connectivity index (χ1) is 13.5. The van der Waals surface area contributed by atoms with Gasteiger partial charge in [0.2, 0.25) is 5.91 Å². The lowest BCUT2D eigenvalue weighted by Gasteiger charge is -2.29. The molecule has 29 heavy (non-hydrogen) atoms. The largest absolute Gasteiger partial charge is 0.433 e. The van der Waals surface area contributed by atoms with E-state index < -0.39 is 23.2 Å². The maximum Gasteiger partial charge on any atom is 0.433 e. The molecule has 3 unspecified atom stereocenters. The highest BCUT2D eigenvalue weighted by Crippen LogP contribution is 2.34. The molecule has 0 spiro atoms. The summed E-state index contributed by atoms with van der Waals surface area (Å²) < 4.78 is 39.1. The lowest BCUT2D eigenvalue weighted by Crippen LogP contribution is -2.42. The van der Waals surface area contributed by atoms with Crippen LogP contribution in [0.1, 0.15) is 38.6 Å². The zero-order valence-electron chi connectivity index (χ0n) is 17.4. The molecule has 5 nitrogen and oxygen atoms in total. The van der Waals surface area contributed by atoms with E-state index in [0.717, 1.165) is 38.8 Å². The number of fused-ring (bicyclic) bond motifs is 1. The van der Waals surface area contributed by atoms with Gasteiger partial charge in [0.05, 0.1) is 11.1 Å². The molecule has 8 heteroatoms. The van der Waals surface area contributed by atoms with Crippen LogP contribution >= 0.6 is 0 Å². The second-order valence-corrected chi connectivity index (χ2v) is 9.24. The van der Waals surface area contributed by atoms with E-state index >= 15 is 0 Å². The summed E-state index contributed by atoms with van der Waals surface area (Å²) in [7, 11) is 0. The predicted octanol–water partition coefficient (Wildman–Crippen LogP) is 2.75. The summed E-state index contributed by atoms with van der Waals surface area (Å²) in [5, 5.41) is 0. The first kappa shape index (κ1) is 22.0. The summed E-state index contributed by atoms with van der Waals surface area (Å²) in [6, 6.07) is 3.66. The molecular weight excluding hydrogens is 381 g/mol. The molecule has 162 valence electrons. The van der Waals surface area contributed by atoms with Crippen LogP contribution in [-0.4, -0.2) is 60.0 Å². The van der Waals surface area contributed by atoms with Crippen molar-refractivity contribution in [1.82, 2.24) is 14.8 Å². The monoisotopic (exact) mass is 412 g/mol. The summed E-state index contributed by atoms with van der Waals surface area (Å²) in [5.41, 5.74) is 3.47. The maximum absolute atomic E-state index is 13.0. The fourth-order valence-corrected chi connectivity index (χ4v) is 4.69. The minimum Gasteiger partial charge on any atom is -0.369 e. The SMILES string of the molecule is CC(C)CN1CC2CN(CCC(C)(C(N)=O)c3cccc(C(F)(F)F)n3)CC2C1. The standard InChI is InChI=1S/C21H31F3N4O/c1-14(2)9-28-12-15-10-27(11-16(15)13-28)8-7-20(3,19(25)29)17-5-4-6-18(26-17)21(22,23)24/h4-6,14-16H,7-13H2,1-3H3,(H2,25,29). The number of aromatic nitrogens is 1. The Morgan fingerprint density at radius 3 is 2.21 bits per heavy atom. The number of hydrogen-bond donors (Lipinski definition) is 1. The highest BCUT2D eigenvalue weighted by atomic mass is 19.4. The van der Waals surface area contributed by atoms with Crippen molar-refractivity contribution in [1.29, 1.82) is 0 Å². The zero-order chi connectivity index (χ0) is 21.4. The Hall–Kier alpha value is -1.67. The zero-order valence-corrected chi connectivity index (χ0v) is 17.4. The van der Waals surface area contributed by atoms with Gasteiger partial charge in [-0.05, 0) is 49.8 Å².